The number of hydrogen-bond acceptors (Lipinski definition) is 2. The number of rotatable bonds is 3. The standard InChI is InChI=1S/C20H15BO2.C20H13Br/c22-21(23)16-11-9-14(10-12-16)20-13-15-5-1-2-6-17(15)18-7-3-4-8-19(18)20;21-16-11-9-14(10-12-16)20-13-15-5-1-2-6-17(15)18-7-3-4-8-19(18)20/h1-13,22-23H;1-13H. The van der Waals surface area contributed by atoms with Crippen LogP contribution in [0.3, 0.4) is 0 Å². The molecule has 0 atom stereocenters. The number of halogens is 1. The highest BCUT2D eigenvalue weighted by atomic mass is 79.9. The molecule has 0 aliphatic carbocycles. The van der Waals surface area contributed by atoms with Crippen LogP contribution in [0.1, 0.15) is 0 Å². The number of hydrogen-bond donors (Lipinski definition) is 2. The van der Waals surface area contributed by atoms with E-state index in [4.69, 9.17) is 0 Å². The maximum absolute atomic E-state index is 9.25. The van der Waals surface area contributed by atoms with Gasteiger partial charge in [0, 0.05) is 4.47 Å². The molecule has 0 unspecified atom stereocenters. The average molecular weight is 631 g/mol. The highest BCUT2D eigenvalue weighted by Gasteiger charge is 2.12. The lowest BCUT2D eigenvalue weighted by Gasteiger charge is -2.11. The van der Waals surface area contributed by atoms with Crippen LogP contribution >= 0.6 is 15.9 Å². The Kier molecular flexibility index (Phi) is 7.72. The van der Waals surface area contributed by atoms with E-state index in [2.05, 4.69) is 137 Å². The van der Waals surface area contributed by atoms with Crippen molar-refractivity contribution >= 4 is 71.6 Å². The minimum absolute atomic E-state index is 0.499. The van der Waals surface area contributed by atoms with E-state index in [9.17, 15) is 10.0 Å². The van der Waals surface area contributed by atoms with Crippen LogP contribution in [0.15, 0.2) is 162 Å². The molecule has 8 aromatic carbocycles. The van der Waals surface area contributed by atoms with Gasteiger partial charge in [0.15, 0.2) is 0 Å². The minimum atomic E-state index is -1.43. The van der Waals surface area contributed by atoms with Gasteiger partial charge in [-0.3, -0.25) is 0 Å². The summed E-state index contributed by atoms with van der Waals surface area (Å²) in [5.74, 6) is 0. The predicted octanol–water partition coefficient (Wildman–Crippen LogP) is 9.76. The van der Waals surface area contributed by atoms with E-state index >= 15 is 0 Å². The van der Waals surface area contributed by atoms with Crippen molar-refractivity contribution in [2.75, 3.05) is 0 Å². The van der Waals surface area contributed by atoms with Gasteiger partial charge in [0.25, 0.3) is 0 Å². The second-order valence-corrected chi connectivity index (χ2v) is 11.8. The molecule has 44 heavy (non-hydrogen) atoms. The van der Waals surface area contributed by atoms with Gasteiger partial charge in [0.2, 0.25) is 0 Å². The van der Waals surface area contributed by atoms with Crippen LogP contribution in [0.5, 0.6) is 0 Å². The molecule has 0 aromatic heterocycles. The van der Waals surface area contributed by atoms with Crippen molar-refractivity contribution in [2.45, 2.75) is 0 Å². The summed E-state index contributed by atoms with van der Waals surface area (Å²) in [6.07, 6.45) is 0. The van der Waals surface area contributed by atoms with E-state index in [-0.39, 0.29) is 0 Å². The van der Waals surface area contributed by atoms with E-state index in [1.165, 1.54) is 54.2 Å². The Morgan fingerprint density at radius 3 is 1.18 bits per heavy atom. The third kappa shape index (κ3) is 5.40. The summed E-state index contributed by atoms with van der Waals surface area (Å²) in [7, 11) is -1.43. The number of benzene rings is 8. The van der Waals surface area contributed by atoms with Gasteiger partial charge >= 0.3 is 7.12 Å². The van der Waals surface area contributed by atoms with Crippen molar-refractivity contribution in [3.63, 3.8) is 0 Å². The molecule has 0 aliphatic rings. The van der Waals surface area contributed by atoms with Crippen LogP contribution < -0.4 is 5.46 Å². The molecule has 0 amide bonds. The Morgan fingerprint density at radius 1 is 0.386 bits per heavy atom. The van der Waals surface area contributed by atoms with Crippen LogP contribution in [-0.2, 0) is 0 Å². The van der Waals surface area contributed by atoms with E-state index in [1.54, 1.807) is 12.1 Å². The minimum Gasteiger partial charge on any atom is -0.423 e. The molecule has 0 saturated heterocycles. The van der Waals surface area contributed by atoms with Crippen LogP contribution in [-0.4, -0.2) is 17.2 Å². The van der Waals surface area contributed by atoms with E-state index < -0.39 is 7.12 Å². The summed E-state index contributed by atoms with van der Waals surface area (Å²) in [6, 6.07) is 54.4. The van der Waals surface area contributed by atoms with Gasteiger partial charge < -0.3 is 10.0 Å². The van der Waals surface area contributed by atoms with Gasteiger partial charge in [-0.25, -0.2) is 0 Å². The van der Waals surface area contributed by atoms with Gasteiger partial charge in [-0.05, 0) is 95.1 Å². The van der Waals surface area contributed by atoms with Crippen molar-refractivity contribution < 1.29 is 10.0 Å². The maximum Gasteiger partial charge on any atom is 0.488 e. The molecule has 0 heterocycles. The lowest BCUT2D eigenvalue weighted by molar-refractivity contribution is 0.426. The Bertz CT molecular complexity index is 2260. The lowest BCUT2D eigenvalue weighted by atomic mass is 9.79. The summed E-state index contributed by atoms with van der Waals surface area (Å²) in [6.45, 7) is 0. The molecule has 8 aromatic rings. The Labute approximate surface area is 265 Å². The fourth-order valence-corrected chi connectivity index (χ4v) is 6.31. The molecular weight excluding hydrogens is 603 g/mol. The molecule has 0 fully saturated rings. The monoisotopic (exact) mass is 630 g/mol. The topological polar surface area (TPSA) is 40.5 Å². The van der Waals surface area contributed by atoms with E-state index in [0.717, 1.165) is 15.6 Å². The molecule has 0 aliphatic heterocycles. The first-order valence-corrected chi connectivity index (χ1v) is 15.4. The largest absolute Gasteiger partial charge is 0.488 e. The van der Waals surface area contributed by atoms with Gasteiger partial charge in [-0.15, -0.1) is 0 Å². The summed E-state index contributed by atoms with van der Waals surface area (Å²) in [5, 5.41) is 28.6. The molecule has 2 nitrogen and oxygen atoms in total. The predicted molar refractivity (Wildman–Crippen MR) is 191 cm³/mol. The molecule has 0 radical (unpaired) electrons. The molecule has 2 N–H and O–H groups in total. The quantitative estimate of drug-likeness (QED) is 0.151. The normalized spacial score (nSPS) is 11.1. The van der Waals surface area contributed by atoms with Crippen molar-refractivity contribution in [3.05, 3.63) is 162 Å². The molecule has 4 heteroatoms. The van der Waals surface area contributed by atoms with Crippen LogP contribution in [0.4, 0.5) is 0 Å². The SMILES string of the molecule is Brc1ccc(-c2cc3ccccc3c3ccccc23)cc1.OB(O)c1ccc(-c2cc3ccccc3c3ccccc23)cc1. The Balaban J connectivity index is 0.000000143. The smallest absolute Gasteiger partial charge is 0.423 e. The Hall–Kier alpha value is -4.74. The first-order chi connectivity index (χ1) is 21.6. The highest BCUT2D eigenvalue weighted by Crippen LogP contribution is 2.36. The zero-order valence-electron chi connectivity index (χ0n) is 23.9. The molecule has 0 spiro atoms. The van der Waals surface area contributed by atoms with Crippen molar-refractivity contribution in [1.29, 1.82) is 0 Å². The second kappa shape index (κ2) is 12.1. The van der Waals surface area contributed by atoms with Crippen LogP contribution in [0.2, 0.25) is 0 Å². The van der Waals surface area contributed by atoms with Crippen molar-refractivity contribution in [1.82, 2.24) is 0 Å². The molecular formula is C40H28BBrO2. The molecule has 8 rings (SSSR count). The lowest BCUT2D eigenvalue weighted by Crippen LogP contribution is -2.29. The fourth-order valence-electron chi connectivity index (χ4n) is 6.05. The summed E-state index contributed by atoms with van der Waals surface area (Å²) < 4.78 is 1.11. The van der Waals surface area contributed by atoms with Gasteiger partial charge in [-0.2, -0.15) is 0 Å². The summed E-state index contributed by atoms with van der Waals surface area (Å²) >= 11 is 3.51. The average Bonchev–Trinajstić information content (AvgIpc) is 3.08. The van der Waals surface area contributed by atoms with Crippen molar-refractivity contribution in [2.24, 2.45) is 0 Å². The summed E-state index contributed by atoms with van der Waals surface area (Å²) in [4.78, 5) is 0. The van der Waals surface area contributed by atoms with Gasteiger partial charge in [-0.1, -0.05) is 149 Å². The third-order valence-electron chi connectivity index (χ3n) is 8.21. The number of fused-ring (bicyclic) bond motifs is 6. The van der Waals surface area contributed by atoms with Crippen molar-refractivity contribution in [3.8, 4) is 22.3 Å². The second-order valence-electron chi connectivity index (χ2n) is 10.9. The molecule has 210 valence electrons. The highest BCUT2D eigenvalue weighted by molar-refractivity contribution is 9.10. The first-order valence-electron chi connectivity index (χ1n) is 14.6. The third-order valence-corrected chi connectivity index (χ3v) is 8.74. The van der Waals surface area contributed by atoms with E-state index in [1.807, 2.05) is 24.3 Å². The van der Waals surface area contributed by atoms with Gasteiger partial charge in [0.1, 0.15) is 0 Å². The van der Waals surface area contributed by atoms with Crippen LogP contribution in [0, 0.1) is 0 Å². The zero-order chi connectivity index (χ0) is 30.0. The fraction of sp³-hybridized carbons (Fsp3) is 0. The first kappa shape index (κ1) is 28.1. The summed E-state index contributed by atoms with van der Waals surface area (Å²) in [5.41, 5.74) is 5.26. The maximum atomic E-state index is 9.25. The van der Waals surface area contributed by atoms with E-state index in [0.29, 0.717) is 5.46 Å². The molecule has 0 bridgehead atoms. The Morgan fingerprint density at radius 2 is 0.750 bits per heavy atom. The zero-order valence-corrected chi connectivity index (χ0v) is 25.4. The van der Waals surface area contributed by atoms with Gasteiger partial charge in [0.05, 0.1) is 0 Å². The molecule has 0 saturated carbocycles. The van der Waals surface area contributed by atoms with Crippen LogP contribution in [0.25, 0.3) is 65.3 Å².